The van der Waals surface area contributed by atoms with Gasteiger partial charge in [-0.25, -0.2) is 13.2 Å². The molecule has 0 aromatic heterocycles. The van der Waals surface area contributed by atoms with Gasteiger partial charge in [-0.2, -0.15) is 0 Å². The fourth-order valence-electron chi connectivity index (χ4n) is 4.88. The molecule has 1 fully saturated rings. The van der Waals surface area contributed by atoms with Crippen LogP contribution in [0.3, 0.4) is 0 Å². The van der Waals surface area contributed by atoms with Crippen LogP contribution in [0.2, 0.25) is 0 Å². The predicted molar refractivity (Wildman–Crippen MR) is 112 cm³/mol. The van der Waals surface area contributed by atoms with E-state index in [-0.39, 0.29) is 11.5 Å². The molecule has 1 unspecified atom stereocenters. The molecule has 0 amide bonds. The average Bonchev–Trinajstić information content (AvgIpc) is 2.69. The minimum atomic E-state index is -5.06. The quantitative estimate of drug-likeness (QED) is 0.378. The van der Waals surface area contributed by atoms with Gasteiger partial charge in [-0.05, 0) is 72.4 Å². The minimum Gasteiger partial charge on any atom is -0.403 e. The van der Waals surface area contributed by atoms with Crippen molar-refractivity contribution >= 4 is 0 Å². The van der Waals surface area contributed by atoms with Crippen LogP contribution >= 0.6 is 0 Å². The monoisotopic (exact) mass is 458 g/mol. The Morgan fingerprint density at radius 2 is 1.56 bits per heavy atom. The number of rotatable bonds is 7. The highest BCUT2D eigenvalue weighted by Gasteiger charge is 2.32. The van der Waals surface area contributed by atoms with E-state index in [2.05, 4.69) is 18.6 Å². The maximum absolute atomic E-state index is 14.8. The summed E-state index contributed by atoms with van der Waals surface area (Å²) in [5, 5.41) is 0. The molecule has 2 aromatic rings. The second kappa shape index (κ2) is 10.2. The van der Waals surface area contributed by atoms with Crippen molar-refractivity contribution in [1.82, 2.24) is 0 Å². The van der Waals surface area contributed by atoms with Crippen molar-refractivity contribution in [3.63, 3.8) is 0 Å². The van der Waals surface area contributed by atoms with Crippen LogP contribution in [-0.2, 0) is 6.42 Å². The first-order valence-corrected chi connectivity index (χ1v) is 11.1. The van der Waals surface area contributed by atoms with Crippen molar-refractivity contribution < 1.29 is 31.1 Å². The molecule has 1 saturated carbocycles. The number of hydrogen-bond donors (Lipinski definition) is 0. The summed E-state index contributed by atoms with van der Waals surface area (Å²) in [7, 11) is 0. The number of benzene rings is 2. The fourth-order valence-corrected chi connectivity index (χ4v) is 4.88. The number of hydrogen-bond acceptors (Lipinski definition) is 1. The van der Waals surface area contributed by atoms with Gasteiger partial charge in [0.05, 0.1) is 5.56 Å². The van der Waals surface area contributed by atoms with Gasteiger partial charge in [0, 0.05) is 0 Å². The third-order valence-corrected chi connectivity index (χ3v) is 6.50. The third-order valence-electron chi connectivity index (χ3n) is 6.50. The van der Waals surface area contributed by atoms with Crippen LogP contribution in [0.25, 0.3) is 11.1 Å². The van der Waals surface area contributed by atoms with E-state index in [9.17, 15) is 26.3 Å². The van der Waals surface area contributed by atoms with Crippen molar-refractivity contribution in [2.24, 2.45) is 17.8 Å². The molecule has 32 heavy (non-hydrogen) atoms. The van der Waals surface area contributed by atoms with Gasteiger partial charge in [-0.3, -0.25) is 0 Å². The highest BCUT2D eigenvalue weighted by atomic mass is 19.4. The summed E-state index contributed by atoms with van der Waals surface area (Å²) in [6.45, 7) is 4.30. The van der Waals surface area contributed by atoms with E-state index in [1.54, 1.807) is 0 Å². The molecule has 0 heterocycles. The van der Waals surface area contributed by atoms with E-state index < -0.39 is 35.1 Å². The van der Waals surface area contributed by atoms with Gasteiger partial charge < -0.3 is 4.74 Å². The van der Waals surface area contributed by atoms with Crippen molar-refractivity contribution in [2.75, 3.05) is 0 Å². The molecule has 0 N–H and O–H groups in total. The molecule has 1 aliphatic rings. The smallest absolute Gasteiger partial charge is 0.403 e. The van der Waals surface area contributed by atoms with Crippen LogP contribution in [0.4, 0.5) is 26.3 Å². The summed E-state index contributed by atoms with van der Waals surface area (Å²) in [6, 6.07) is 4.82. The largest absolute Gasteiger partial charge is 0.573 e. The van der Waals surface area contributed by atoms with Crippen LogP contribution in [0, 0.1) is 35.2 Å². The van der Waals surface area contributed by atoms with Gasteiger partial charge in [0.1, 0.15) is 11.6 Å². The topological polar surface area (TPSA) is 9.23 Å². The van der Waals surface area contributed by atoms with E-state index in [4.69, 9.17) is 0 Å². The zero-order chi connectivity index (χ0) is 23.5. The lowest BCUT2D eigenvalue weighted by atomic mass is 9.73. The highest BCUT2D eigenvalue weighted by molar-refractivity contribution is 5.66. The average molecular weight is 458 g/mol. The Morgan fingerprint density at radius 1 is 0.938 bits per heavy atom. The zero-order valence-electron chi connectivity index (χ0n) is 18.2. The van der Waals surface area contributed by atoms with Gasteiger partial charge in [0.15, 0.2) is 11.6 Å². The van der Waals surface area contributed by atoms with Gasteiger partial charge in [-0.1, -0.05) is 45.6 Å². The molecule has 2 aromatic carbocycles. The van der Waals surface area contributed by atoms with Crippen molar-refractivity contribution in [1.29, 1.82) is 0 Å². The Morgan fingerprint density at radius 3 is 2.09 bits per heavy atom. The van der Waals surface area contributed by atoms with Crippen molar-refractivity contribution in [3.05, 3.63) is 53.3 Å². The first kappa shape index (κ1) is 24.5. The molecule has 0 radical (unpaired) electrons. The van der Waals surface area contributed by atoms with Crippen LogP contribution in [-0.4, -0.2) is 6.36 Å². The molecule has 3 rings (SSSR count). The summed E-state index contributed by atoms with van der Waals surface area (Å²) in [6.07, 6.45) is 2.56. The third kappa shape index (κ3) is 6.20. The summed E-state index contributed by atoms with van der Waals surface area (Å²) in [5.41, 5.74) is -0.149. The lowest BCUT2D eigenvalue weighted by Crippen LogP contribution is -2.21. The number of ether oxygens (including phenoxy) is 1. The maximum atomic E-state index is 14.8. The van der Waals surface area contributed by atoms with E-state index in [0.29, 0.717) is 30.0 Å². The van der Waals surface area contributed by atoms with Crippen LogP contribution in [0.15, 0.2) is 30.3 Å². The van der Waals surface area contributed by atoms with Gasteiger partial charge >= 0.3 is 6.36 Å². The SMILES string of the molecule is CCCC1CCC(C(C)Cc2cc(F)c(-c3ccc(OC(F)(F)F)c(F)c3)c(F)c2)CC1. The van der Waals surface area contributed by atoms with Crippen LogP contribution < -0.4 is 4.74 Å². The molecule has 176 valence electrons. The summed E-state index contributed by atoms with van der Waals surface area (Å²) < 4.78 is 84.0. The highest BCUT2D eigenvalue weighted by Crippen LogP contribution is 2.37. The maximum Gasteiger partial charge on any atom is 0.573 e. The van der Waals surface area contributed by atoms with E-state index in [0.717, 1.165) is 24.8 Å². The molecular formula is C25H28F6O. The number of halogens is 6. The fraction of sp³-hybridized carbons (Fsp3) is 0.520. The van der Waals surface area contributed by atoms with Gasteiger partial charge in [0.2, 0.25) is 0 Å². The van der Waals surface area contributed by atoms with Crippen molar-refractivity contribution in [2.45, 2.75) is 65.2 Å². The lowest BCUT2D eigenvalue weighted by molar-refractivity contribution is -0.275. The molecule has 1 atom stereocenters. The van der Waals surface area contributed by atoms with Crippen molar-refractivity contribution in [3.8, 4) is 16.9 Å². The Hall–Kier alpha value is -2.18. The van der Waals surface area contributed by atoms with E-state index >= 15 is 0 Å². The van der Waals surface area contributed by atoms with Crippen LogP contribution in [0.5, 0.6) is 5.75 Å². The van der Waals surface area contributed by atoms with E-state index in [1.165, 1.54) is 37.8 Å². The molecule has 7 heteroatoms. The van der Waals surface area contributed by atoms with Gasteiger partial charge in [0.25, 0.3) is 0 Å². The van der Waals surface area contributed by atoms with E-state index in [1.807, 2.05) is 0 Å². The minimum absolute atomic E-state index is 0.194. The standard InChI is InChI=1S/C25H28F6O/c1-3-4-16-5-7-18(8-6-16)15(2)11-17-12-21(27)24(22(28)13-17)19-9-10-23(20(26)14-19)32-25(29,30)31/h9-10,12-16,18H,3-8,11H2,1-2H3. The molecule has 1 nitrogen and oxygen atoms in total. The second-order valence-electron chi connectivity index (χ2n) is 8.88. The van der Waals surface area contributed by atoms with Gasteiger partial charge in [-0.15, -0.1) is 13.2 Å². The first-order valence-electron chi connectivity index (χ1n) is 11.1. The molecule has 0 bridgehead atoms. The van der Waals surface area contributed by atoms with Crippen LogP contribution in [0.1, 0.15) is 57.9 Å². The summed E-state index contributed by atoms with van der Waals surface area (Å²) in [5.74, 6) is -2.57. The lowest BCUT2D eigenvalue weighted by Gasteiger charge is -2.32. The predicted octanol–water partition coefficient (Wildman–Crippen LogP) is 8.45. The zero-order valence-corrected chi connectivity index (χ0v) is 18.2. The summed E-state index contributed by atoms with van der Waals surface area (Å²) in [4.78, 5) is 0. The number of alkyl halides is 3. The molecule has 0 aliphatic heterocycles. The molecule has 1 aliphatic carbocycles. The molecule has 0 saturated heterocycles. The molecular weight excluding hydrogens is 430 g/mol. The molecule has 0 spiro atoms. The summed E-state index contributed by atoms with van der Waals surface area (Å²) >= 11 is 0. The Bertz CT molecular complexity index is 892. The Balaban J connectivity index is 1.72. The first-order chi connectivity index (χ1) is 15.1. The second-order valence-corrected chi connectivity index (χ2v) is 8.88. The Labute approximate surface area is 184 Å². The normalized spacial score (nSPS) is 20.2. The Kier molecular flexibility index (Phi) is 7.78.